The second-order valence-corrected chi connectivity index (χ2v) is 10.2. The maximum Gasteiger partial charge on any atom is 0.266 e. The number of nitrogens with one attached hydrogen (secondary N) is 1. The largest absolute Gasteiger partial charge is 0.279 e. The van der Waals surface area contributed by atoms with Crippen LogP contribution in [0.3, 0.4) is 0 Å². The highest BCUT2D eigenvalue weighted by Crippen LogP contribution is 2.28. The Balaban J connectivity index is 1.96. The van der Waals surface area contributed by atoms with Gasteiger partial charge in [0.15, 0.2) is 0 Å². The Morgan fingerprint density at radius 2 is 1.69 bits per heavy atom. The van der Waals surface area contributed by atoms with E-state index in [9.17, 15) is 16.8 Å². The summed E-state index contributed by atoms with van der Waals surface area (Å²) >= 11 is 6.06. The molecular formula is C18H19ClN4O4S2. The summed E-state index contributed by atoms with van der Waals surface area (Å²) in [6.07, 6.45) is 0. The topological polar surface area (TPSA) is 101 Å². The molecule has 0 amide bonds. The molecule has 0 aliphatic carbocycles. The van der Waals surface area contributed by atoms with Crippen LogP contribution in [0.25, 0.3) is 0 Å². The van der Waals surface area contributed by atoms with Gasteiger partial charge in [0.2, 0.25) is 0 Å². The van der Waals surface area contributed by atoms with Gasteiger partial charge in [0.05, 0.1) is 22.0 Å². The molecule has 2 aromatic carbocycles. The molecule has 0 saturated heterocycles. The Kier molecular flexibility index (Phi) is 5.61. The van der Waals surface area contributed by atoms with Gasteiger partial charge >= 0.3 is 0 Å². The summed E-state index contributed by atoms with van der Waals surface area (Å²) in [5, 5.41) is 3.96. The maximum atomic E-state index is 12.9. The molecule has 8 nitrogen and oxygen atoms in total. The van der Waals surface area contributed by atoms with E-state index in [1.807, 2.05) is 0 Å². The fourth-order valence-corrected chi connectivity index (χ4v) is 5.82. The predicted molar refractivity (Wildman–Crippen MR) is 112 cm³/mol. The first-order chi connectivity index (χ1) is 13.5. The van der Waals surface area contributed by atoms with Crippen LogP contribution in [0.4, 0.5) is 11.4 Å². The second-order valence-electron chi connectivity index (χ2n) is 6.27. The van der Waals surface area contributed by atoms with Gasteiger partial charge in [-0.3, -0.25) is 13.7 Å². The number of aryl methyl sites for hydroxylation is 2. The Morgan fingerprint density at radius 1 is 1.03 bits per heavy atom. The molecule has 0 aliphatic rings. The van der Waals surface area contributed by atoms with Crippen LogP contribution in [0.1, 0.15) is 5.69 Å². The molecule has 3 aromatic rings. The molecule has 29 heavy (non-hydrogen) atoms. The zero-order chi connectivity index (χ0) is 21.4. The van der Waals surface area contributed by atoms with E-state index in [-0.39, 0.29) is 26.3 Å². The van der Waals surface area contributed by atoms with Crippen LogP contribution in [0.15, 0.2) is 64.4 Å². The summed E-state index contributed by atoms with van der Waals surface area (Å²) in [6, 6.07) is 14.1. The summed E-state index contributed by atoms with van der Waals surface area (Å²) in [5.74, 6) is 0. The smallest absolute Gasteiger partial charge is 0.266 e. The Hall–Kier alpha value is -2.56. The van der Waals surface area contributed by atoms with Crippen molar-refractivity contribution in [2.75, 3.05) is 16.1 Å². The number of benzene rings is 2. The van der Waals surface area contributed by atoms with Gasteiger partial charge in [0.1, 0.15) is 10.0 Å². The van der Waals surface area contributed by atoms with Crippen molar-refractivity contribution in [2.45, 2.75) is 16.7 Å². The normalized spacial score (nSPS) is 12.0. The van der Waals surface area contributed by atoms with Gasteiger partial charge in [-0.05, 0) is 37.3 Å². The fraction of sp³-hybridized carbons (Fsp3) is 0.167. The van der Waals surface area contributed by atoms with Gasteiger partial charge in [-0.1, -0.05) is 35.9 Å². The average molecular weight is 455 g/mol. The molecule has 0 radical (unpaired) electrons. The molecule has 11 heteroatoms. The van der Waals surface area contributed by atoms with E-state index in [1.54, 1.807) is 30.3 Å². The molecule has 154 valence electrons. The van der Waals surface area contributed by atoms with Gasteiger partial charge in [-0.15, -0.1) is 0 Å². The summed E-state index contributed by atoms with van der Waals surface area (Å²) in [6.45, 7) is 1.52. The first-order valence-electron chi connectivity index (χ1n) is 8.40. The van der Waals surface area contributed by atoms with Crippen molar-refractivity contribution < 1.29 is 16.8 Å². The van der Waals surface area contributed by atoms with E-state index >= 15 is 0 Å². The van der Waals surface area contributed by atoms with Gasteiger partial charge in [0.25, 0.3) is 20.0 Å². The zero-order valence-corrected chi connectivity index (χ0v) is 18.3. The van der Waals surface area contributed by atoms with Crippen LogP contribution >= 0.6 is 11.6 Å². The van der Waals surface area contributed by atoms with E-state index in [1.165, 1.54) is 50.0 Å². The molecule has 3 rings (SSSR count). The third kappa shape index (κ3) is 4.09. The van der Waals surface area contributed by atoms with Crippen molar-refractivity contribution in [2.24, 2.45) is 7.05 Å². The third-order valence-corrected chi connectivity index (χ3v) is 8.09. The van der Waals surface area contributed by atoms with Crippen LogP contribution in [0.2, 0.25) is 5.15 Å². The molecule has 1 aromatic heterocycles. The van der Waals surface area contributed by atoms with E-state index < -0.39 is 20.0 Å². The Morgan fingerprint density at radius 3 is 2.28 bits per heavy atom. The van der Waals surface area contributed by atoms with Gasteiger partial charge in [-0.2, -0.15) is 5.10 Å². The molecule has 0 aliphatic heterocycles. The summed E-state index contributed by atoms with van der Waals surface area (Å²) in [5.41, 5.74) is 0.806. The maximum absolute atomic E-state index is 12.9. The van der Waals surface area contributed by atoms with E-state index in [0.29, 0.717) is 5.69 Å². The minimum absolute atomic E-state index is 0.0393. The lowest BCUT2D eigenvalue weighted by atomic mass is 10.3. The molecule has 0 unspecified atom stereocenters. The molecule has 0 bridgehead atoms. The third-order valence-electron chi connectivity index (χ3n) is 4.23. The molecule has 1 heterocycles. The van der Waals surface area contributed by atoms with Crippen molar-refractivity contribution in [3.05, 3.63) is 65.4 Å². The standard InChI is InChI=1S/C18H19ClN4O4S2/c1-13-17(18(19)22(2)20-13)28(24,25)21-14-8-7-11-16(12-14)29(26,27)23(3)15-9-5-4-6-10-15/h4-12,21H,1-3H3. The molecule has 0 saturated carbocycles. The molecule has 0 fully saturated rings. The SMILES string of the molecule is Cc1nn(C)c(Cl)c1S(=O)(=O)Nc1cccc(S(=O)(=O)N(C)c2ccccc2)c1. The number of hydrogen-bond donors (Lipinski definition) is 1. The van der Waals surface area contributed by atoms with Crippen LogP contribution in [0, 0.1) is 6.92 Å². The summed E-state index contributed by atoms with van der Waals surface area (Å²) in [7, 11) is -4.99. The van der Waals surface area contributed by atoms with Crippen LogP contribution in [-0.2, 0) is 27.1 Å². The zero-order valence-electron chi connectivity index (χ0n) is 15.9. The number of halogens is 1. The van der Waals surface area contributed by atoms with E-state index in [0.717, 1.165) is 4.31 Å². The fourth-order valence-electron chi connectivity index (χ4n) is 2.78. The second kappa shape index (κ2) is 7.69. The Bertz CT molecular complexity index is 1260. The van der Waals surface area contributed by atoms with Gasteiger partial charge in [0, 0.05) is 14.1 Å². The van der Waals surface area contributed by atoms with Gasteiger partial charge in [-0.25, -0.2) is 16.8 Å². The molecule has 0 atom stereocenters. The predicted octanol–water partition coefficient (Wildman–Crippen LogP) is 3.01. The average Bonchev–Trinajstić information content (AvgIpc) is 2.94. The van der Waals surface area contributed by atoms with Crippen molar-refractivity contribution >= 4 is 43.0 Å². The molecule has 1 N–H and O–H groups in total. The van der Waals surface area contributed by atoms with E-state index in [2.05, 4.69) is 9.82 Å². The van der Waals surface area contributed by atoms with Crippen molar-refractivity contribution in [1.82, 2.24) is 9.78 Å². The monoisotopic (exact) mass is 454 g/mol. The number of anilines is 2. The minimum Gasteiger partial charge on any atom is -0.279 e. The number of aromatic nitrogens is 2. The number of nitrogens with zero attached hydrogens (tertiary/aromatic N) is 3. The van der Waals surface area contributed by atoms with Crippen LogP contribution in [0.5, 0.6) is 0 Å². The van der Waals surface area contributed by atoms with Gasteiger partial charge < -0.3 is 0 Å². The first-order valence-corrected chi connectivity index (χ1v) is 11.7. The van der Waals surface area contributed by atoms with Crippen molar-refractivity contribution in [3.63, 3.8) is 0 Å². The quantitative estimate of drug-likeness (QED) is 0.616. The number of para-hydroxylation sites is 1. The first kappa shape index (κ1) is 21.2. The summed E-state index contributed by atoms with van der Waals surface area (Å²) in [4.78, 5) is -0.214. The van der Waals surface area contributed by atoms with Crippen LogP contribution < -0.4 is 9.03 Å². The highest BCUT2D eigenvalue weighted by Gasteiger charge is 2.26. The highest BCUT2D eigenvalue weighted by molar-refractivity contribution is 7.93. The minimum atomic E-state index is -4.06. The lowest BCUT2D eigenvalue weighted by Gasteiger charge is -2.20. The lowest BCUT2D eigenvalue weighted by molar-refractivity contribution is 0.593. The number of sulfonamides is 2. The molecule has 0 spiro atoms. The van der Waals surface area contributed by atoms with E-state index in [4.69, 9.17) is 11.6 Å². The van der Waals surface area contributed by atoms with Crippen LogP contribution in [-0.4, -0.2) is 33.7 Å². The van der Waals surface area contributed by atoms with Crippen molar-refractivity contribution in [3.8, 4) is 0 Å². The number of hydrogen-bond acceptors (Lipinski definition) is 5. The summed E-state index contributed by atoms with van der Waals surface area (Å²) < 4.78 is 56.2. The lowest BCUT2D eigenvalue weighted by Crippen LogP contribution is -2.26. The molecular weight excluding hydrogens is 436 g/mol. The van der Waals surface area contributed by atoms with Crippen molar-refractivity contribution in [1.29, 1.82) is 0 Å². The highest BCUT2D eigenvalue weighted by atomic mass is 35.5. The Labute approximate surface area is 174 Å². The number of rotatable bonds is 6.